The summed E-state index contributed by atoms with van der Waals surface area (Å²) in [6, 6.07) is 6.44. The monoisotopic (exact) mass is 260 g/mol. The van der Waals surface area contributed by atoms with E-state index in [9.17, 15) is 4.39 Å². The van der Waals surface area contributed by atoms with Gasteiger partial charge in [0.2, 0.25) is 0 Å². The summed E-state index contributed by atoms with van der Waals surface area (Å²) < 4.78 is 13.0. The van der Waals surface area contributed by atoms with Gasteiger partial charge in [-0.2, -0.15) is 0 Å². The summed E-state index contributed by atoms with van der Waals surface area (Å²) >= 11 is 0. The minimum atomic E-state index is -0.240. The van der Waals surface area contributed by atoms with Crippen LogP contribution in [-0.2, 0) is 0 Å². The lowest BCUT2D eigenvalue weighted by Crippen LogP contribution is -2.03. The first kappa shape index (κ1) is 13.3. The second kappa shape index (κ2) is 6.13. The fourth-order valence-electron chi connectivity index (χ4n) is 1.68. The van der Waals surface area contributed by atoms with Crippen molar-refractivity contribution in [2.24, 2.45) is 0 Å². The van der Waals surface area contributed by atoms with Crippen LogP contribution in [0.1, 0.15) is 18.9 Å². The molecule has 0 saturated carbocycles. The molecule has 0 saturated heterocycles. The number of nitrogens with zero attached hydrogens (tertiary/aromatic N) is 2. The number of hydrogen-bond acceptors (Lipinski definition) is 4. The lowest BCUT2D eigenvalue weighted by molar-refractivity contribution is 0.627. The molecular weight excluding hydrogens is 243 g/mol. The van der Waals surface area contributed by atoms with Gasteiger partial charge in [0, 0.05) is 18.3 Å². The lowest BCUT2D eigenvalue weighted by Gasteiger charge is -2.10. The molecule has 0 aliphatic rings. The zero-order chi connectivity index (χ0) is 13.7. The van der Waals surface area contributed by atoms with Crippen molar-refractivity contribution in [2.75, 3.05) is 17.2 Å². The average molecular weight is 260 g/mol. The summed E-state index contributed by atoms with van der Waals surface area (Å²) in [5.41, 5.74) is 1.67. The Kier molecular flexibility index (Phi) is 4.28. The van der Waals surface area contributed by atoms with E-state index in [4.69, 9.17) is 0 Å². The molecule has 1 aromatic heterocycles. The lowest BCUT2D eigenvalue weighted by atomic mass is 10.2. The first-order valence-corrected chi connectivity index (χ1v) is 6.28. The van der Waals surface area contributed by atoms with E-state index >= 15 is 0 Å². The molecule has 0 fully saturated rings. The highest BCUT2D eigenvalue weighted by Crippen LogP contribution is 2.20. The largest absolute Gasteiger partial charge is 0.370 e. The van der Waals surface area contributed by atoms with E-state index in [2.05, 4.69) is 27.5 Å². The molecule has 0 atom stereocenters. The van der Waals surface area contributed by atoms with Crippen LogP contribution in [0.2, 0.25) is 0 Å². The van der Waals surface area contributed by atoms with Crippen molar-refractivity contribution in [2.45, 2.75) is 20.3 Å². The summed E-state index contributed by atoms with van der Waals surface area (Å²) in [4.78, 5) is 8.28. The van der Waals surface area contributed by atoms with Gasteiger partial charge in [0.05, 0.1) is 0 Å². The van der Waals surface area contributed by atoms with E-state index in [0.717, 1.165) is 30.0 Å². The van der Waals surface area contributed by atoms with Crippen LogP contribution >= 0.6 is 0 Å². The van der Waals surface area contributed by atoms with E-state index in [1.165, 1.54) is 18.5 Å². The van der Waals surface area contributed by atoms with Crippen LogP contribution in [0.15, 0.2) is 30.6 Å². The summed E-state index contributed by atoms with van der Waals surface area (Å²) in [6.45, 7) is 4.81. The zero-order valence-corrected chi connectivity index (χ0v) is 11.1. The summed E-state index contributed by atoms with van der Waals surface area (Å²) in [7, 11) is 0. The van der Waals surface area contributed by atoms with Gasteiger partial charge in [-0.3, -0.25) is 0 Å². The minimum absolute atomic E-state index is 0.240. The van der Waals surface area contributed by atoms with Crippen LogP contribution in [0.3, 0.4) is 0 Å². The highest BCUT2D eigenvalue weighted by molar-refractivity contribution is 5.62. The molecule has 1 aromatic carbocycles. The maximum atomic E-state index is 13.0. The van der Waals surface area contributed by atoms with Gasteiger partial charge < -0.3 is 10.6 Å². The molecule has 2 rings (SSSR count). The molecule has 19 heavy (non-hydrogen) atoms. The minimum Gasteiger partial charge on any atom is -0.370 e. The molecular formula is C14H17FN4. The van der Waals surface area contributed by atoms with Crippen LogP contribution in [0.4, 0.5) is 21.7 Å². The smallest absolute Gasteiger partial charge is 0.135 e. The molecule has 0 spiro atoms. The third kappa shape index (κ3) is 3.64. The quantitative estimate of drug-likeness (QED) is 0.864. The van der Waals surface area contributed by atoms with Crippen LogP contribution in [0, 0.1) is 12.7 Å². The highest BCUT2D eigenvalue weighted by atomic mass is 19.1. The normalized spacial score (nSPS) is 10.3. The Morgan fingerprint density at radius 3 is 2.68 bits per heavy atom. The van der Waals surface area contributed by atoms with Gasteiger partial charge in [0.1, 0.15) is 23.8 Å². The summed E-state index contributed by atoms with van der Waals surface area (Å²) in [5, 5.41) is 6.35. The number of halogens is 1. The number of anilines is 3. The first-order chi connectivity index (χ1) is 9.19. The maximum absolute atomic E-state index is 13.0. The zero-order valence-electron chi connectivity index (χ0n) is 11.1. The number of aryl methyl sites for hydroxylation is 1. The molecule has 5 heteroatoms. The second-order valence-electron chi connectivity index (χ2n) is 4.30. The van der Waals surface area contributed by atoms with Crippen molar-refractivity contribution >= 4 is 17.3 Å². The Balaban J connectivity index is 2.14. The van der Waals surface area contributed by atoms with E-state index in [1.54, 1.807) is 6.07 Å². The molecule has 0 unspecified atom stereocenters. The Labute approximate surface area is 112 Å². The molecule has 100 valence electrons. The maximum Gasteiger partial charge on any atom is 0.135 e. The molecule has 0 amide bonds. The summed E-state index contributed by atoms with van der Waals surface area (Å²) in [5.74, 6) is 1.22. The van der Waals surface area contributed by atoms with E-state index < -0.39 is 0 Å². The number of aromatic nitrogens is 2. The van der Waals surface area contributed by atoms with Crippen LogP contribution < -0.4 is 10.6 Å². The molecule has 2 N–H and O–H groups in total. The van der Waals surface area contributed by atoms with E-state index in [1.807, 2.05) is 13.0 Å². The summed E-state index contributed by atoms with van der Waals surface area (Å²) in [6.07, 6.45) is 2.53. The second-order valence-corrected chi connectivity index (χ2v) is 4.30. The molecule has 4 nitrogen and oxygen atoms in total. The van der Waals surface area contributed by atoms with Gasteiger partial charge in [-0.1, -0.05) is 6.92 Å². The highest BCUT2D eigenvalue weighted by Gasteiger charge is 2.02. The van der Waals surface area contributed by atoms with Crippen LogP contribution in [0.25, 0.3) is 0 Å². The van der Waals surface area contributed by atoms with Crippen LogP contribution in [-0.4, -0.2) is 16.5 Å². The first-order valence-electron chi connectivity index (χ1n) is 6.28. The SMILES string of the molecule is CCCNc1cc(Nc2ccc(F)cc2C)ncn1. The molecule has 0 bridgehead atoms. The van der Waals surface area contributed by atoms with Crippen molar-refractivity contribution in [3.8, 4) is 0 Å². The third-order valence-corrected chi connectivity index (χ3v) is 2.67. The van der Waals surface area contributed by atoms with Crippen LogP contribution in [0.5, 0.6) is 0 Å². The molecule has 2 aromatic rings. The predicted octanol–water partition coefficient (Wildman–Crippen LogP) is 3.49. The van der Waals surface area contributed by atoms with Crippen molar-refractivity contribution < 1.29 is 4.39 Å². The molecule has 0 radical (unpaired) electrons. The van der Waals surface area contributed by atoms with Crippen molar-refractivity contribution in [3.63, 3.8) is 0 Å². The standard InChI is InChI=1S/C14H17FN4/c1-3-6-16-13-8-14(18-9-17-13)19-12-5-4-11(15)7-10(12)2/h4-5,7-9H,3,6H2,1-2H3,(H2,16,17,18,19). The fourth-order valence-corrected chi connectivity index (χ4v) is 1.68. The van der Waals surface area contributed by atoms with Gasteiger partial charge in [-0.05, 0) is 37.1 Å². The van der Waals surface area contributed by atoms with Crippen molar-refractivity contribution in [1.29, 1.82) is 0 Å². The topological polar surface area (TPSA) is 49.8 Å². The Hall–Kier alpha value is -2.17. The third-order valence-electron chi connectivity index (χ3n) is 2.67. The number of hydrogen-bond donors (Lipinski definition) is 2. The Morgan fingerprint density at radius 2 is 1.95 bits per heavy atom. The number of benzene rings is 1. The Bertz CT molecular complexity index is 557. The van der Waals surface area contributed by atoms with Gasteiger partial charge >= 0.3 is 0 Å². The molecule has 1 heterocycles. The van der Waals surface area contributed by atoms with Gasteiger partial charge in [-0.15, -0.1) is 0 Å². The average Bonchev–Trinajstić information content (AvgIpc) is 2.40. The number of nitrogens with one attached hydrogen (secondary N) is 2. The van der Waals surface area contributed by atoms with Gasteiger partial charge in [0.15, 0.2) is 0 Å². The van der Waals surface area contributed by atoms with E-state index in [0.29, 0.717) is 5.82 Å². The Morgan fingerprint density at radius 1 is 1.16 bits per heavy atom. The predicted molar refractivity (Wildman–Crippen MR) is 75.2 cm³/mol. The van der Waals surface area contributed by atoms with Crippen molar-refractivity contribution in [3.05, 3.63) is 42.0 Å². The van der Waals surface area contributed by atoms with Crippen molar-refractivity contribution in [1.82, 2.24) is 9.97 Å². The fraction of sp³-hybridized carbons (Fsp3) is 0.286. The molecule has 0 aliphatic heterocycles. The molecule has 0 aliphatic carbocycles. The van der Waals surface area contributed by atoms with E-state index in [-0.39, 0.29) is 5.82 Å². The van der Waals surface area contributed by atoms with Gasteiger partial charge in [-0.25, -0.2) is 14.4 Å². The number of rotatable bonds is 5. The van der Waals surface area contributed by atoms with Gasteiger partial charge in [0.25, 0.3) is 0 Å².